The van der Waals surface area contributed by atoms with Crippen LogP contribution >= 0.6 is 0 Å². The molecular formula is C29H42N4O3. The van der Waals surface area contributed by atoms with Crippen LogP contribution in [0, 0.1) is 5.41 Å². The minimum Gasteiger partial charge on any atom is -0.496 e. The van der Waals surface area contributed by atoms with Crippen LogP contribution in [0.15, 0.2) is 17.4 Å². The minimum atomic E-state index is -0.139. The normalized spacial score (nSPS) is 23.9. The van der Waals surface area contributed by atoms with E-state index in [4.69, 9.17) is 14.9 Å². The fraction of sp³-hybridized carbons (Fsp3) is 0.655. The van der Waals surface area contributed by atoms with E-state index in [2.05, 4.69) is 21.6 Å². The van der Waals surface area contributed by atoms with Gasteiger partial charge in [-0.15, -0.1) is 0 Å². The molecule has 2 aliphatic heterocycles. The summed E-state index contributed by atoms with van der Waals surface area (Å²) in [4.78, 5) is 15.3. The Morgan fingerprint density at radius 2 is 1.83 bits per heavy atom. The lowest BCUT2D eigenvalue weighted by atomic mass is 9.99. The summed E-state index contributed by atoms with van der Waals surface area (Å²) in [6.45, 7) is 3.12. The summed E-state index contributed by atoms with van der Waals surface area (Å²) in [5.41, 5.74) is 7.52. The number of hydrogen-bond donors (Lipinski definition) is 3. The van der Waals surface area contributed by atoms with Gasteiger partial charge in [0.2, 0.25) is 0 Å². The zero-order valence-electron chi connectivity index (χ0n) is 21.8. The third kappa shape index (κ3) is 5.62. The van der Waals surface area contributed by atoms with Crippen molar-refractivity contribution in [3.8, 4) is 0 Å². The molecule has 1 aromatic rings. The smallest absolute Gasteiger partial charge is 0.319 e. The van der Waals surface area contributed by atoms with Gasteiger partial charge < -0.3 is 25.5 Å². The second-order valence-corrected chi connectivity index (χ2v) is 10.8. The molecule has 2 fully saturated rings. The molecule has 0 saturated carbocycles. The number of urea groups is 1. The van der Waals surface area contributed by atoms with Gasteiger partial charge in [0.1, 0.15) is 12.4 Å². The van der Waals surface area contributed by atoms with E-state index in [1.54, 1.807) is 7.11 Å². The summed E-state index contributed by atoms with van der Waals surface area (Å²) in [6, 6.07) is 2.66. The monoisotopic (exact) mass is 494 g/mol. The highest BCUT2D eigenvalue weighted by Crippen LogP contribution is 2.38. The Morgan fingerprint density at radius 1 is 1.08 bits per heavy atom. The van der Waals surface area contributed by atoms with Gasteiger partial charge in [0.15, 0.2) is 0 Å². The van der Waals surface area contributed by atoms with E-state index in [1.165, 1.54) is 54.2 Å². The number of ether oxygens (including phenoxy) is 2. The number of rotatable bonds is 7. The van der Waals surface area contributed by atoms with Crippen LogP contribution in [-0.4, -0.2) is 62.6 Å². The molecule has 2 aliphatic carbocycles. The van der Waals surface area contributed by atoms with Gasteiger partial charge in [-0.25, -0.2) is 4.79 Å². The number of carbonyl (C=O) groups is 1. The summed E-state index contributed by atoms with van der Waals surface area (Å²) < 4.78 is 11.8. The Balaban J connectivity index is 1.17. The average Bonchev–Trinajstić information content (AvgIpc) is 3.53. The largest absolute Gasteiger partial charge is 0.496 e. The standard InChI is InChI=1S/C29H42N4O3/c1-35-24-17-33(18-24)23-9-3-2-4-12-27(36-19-23)22(16-30)13-14-31-29(34)32-28-25-10-5-7-20(25)15-21-8-6-11-26(21)28/h15-16,23-24,30H,2-14,17-19H2,1H3,(H2,31,32,34)/b27-22+,30-16?/t23-/m0/s1. The highest BCUT2D eigenvalue weighted by molar-refractivity contribution is 5.92. The molecule has 2 heterocycles. The highest BCUT2D eigenvalue weighted by atomic mass is 16.5. The van der Waals surface area contributed by atoms with Crippen LogP contribution in [0.5, 0.6) is 0 Å². The molecule has 3 N–H and O–H groups in total. The fourth-order valence-electron chi connectivity index (χ4n) is 6.38. The summed E-state index contributed by atoms with van der Waals surface area (Å²) in [5, 5.41) is 14.3. The first-order chi connectivity index (χ1) is 17.7. The maximum absolute atomic E-state index is 12.9. The first kappa shape index (κ1) is 25.3. The van der Waals surface area contributed by atoms with E-state index in [-0.39, 0.29) is 6.03 Å². The van der Waals surface area contributed by atoms with Crippen molar-refractivity contribution in [2.24, 2.45) is 0 Å². The van der Waals surface area contributed by atoms with Gasteiger partial charge in [-0.1, -0.05) is 18.9 Å². The number of anilines is 1. The summed E-state index contributed by atoms with van der Waals surface area (Å²) in [7, 11) is 1.78. The van der Waals surface area contributed by atoms with Crippen LogP contribution in [0.25, 0.3) is 0 Å². The Hall–Kier alpha value is -2.38. The van der Waals surface area contributed by atoms with Crippen LogP contribution in [0.2, 0.25) is 0 Å². The summed E-state index contributed by atoms with van der Waals surface area (Å²) in [5.74, 6) is 0.932. The van der Waals surface area contributed by atoms with Gasteiger partial charge in [-0.2, -0.15) is 0 Å². The number of nitrogens with zero attached hydrogens (tertiary/aromatic N) is 1. The quantitative estimate of drug-likeness (QED) is 0.477. The number of carbonyl (C=O) groups excluding carboxylic acids is 1. The van der Waals surface area contributed by atoms with Crippen molar-refractivity contribution in [2.75, 3.05) is 38.7 Å². The van der Waals surface area contributed by atoms with Gasteiger partial charge in [-0.3, -0.25) is 4.90 Å². The molecule has 2 amide bonds. The van der Waals surface area contributed by atoms with Gasteiger partial charge in [0.25, 0.3) is 0 Å². The minimum absolute atomic E-state index is 0.139. The number of amides is 2. The van der Waals surface area contributed by atoms with Gasteiger partial charge >= 0.3 is 6.03 Å². The third-order valence-corrected chi connectivity index (χ3v) is 8.54. The lowest BCUT2D eigenvalue weighted by Crippen LogP contribution is -2.57. The predicted molar refractivity (Wildman–Crippen MR) is 143 cm³/mol. The van der Waals surface area contributed by atoms with Crippen molar-refractivity contribution in [3.63, 3.8) is 0 Å². The van der Waals surface area contributed by atoms with Crippen LogP contribution in [0.1, 0.15) is 73.6 Å². The Labute approximate surface area is 215 Å². The molecule has 1 atom stereocenters. The topological polar surface area (TPSA) is 86.7 Å². The first-order valence-electron chi connectivity index (χ1n) is 14.0. The molecule has 4 aliphatic rings. The number of methoxy groups -OCH3 is 1. The Bertz CT molecular complexity index is 966. The zero-order valence-corrected chi connectivity index (χ0v) is 21.8. The molecule has 0 spiro atoms. The SMILES string of the molecule is COC1CN([C@H]2CCCCC/C(=C(\C=N)CCNC(=O)Nc3c4c(cc5c3CCC5)CCC4)OC2)C1. The lowest BCUT2D eigenvalue weighted by Gasteiger charge is -2.43. The van der Waals surface area contributed by atoms with E-state index >= 15 is 0 Å². The molecule has 196 valence electrons. The fourth-order valence-corrected chi connectivity index (χ4v) is 6.38. The zero-order chi connectivity index (χ0) is 24.9. The number of hydrogen-bond acceptors (Lipinski definition) is 5. The Kier molecular flexibility index (Phi) is 8.27. The van der Waals surface area contributed by atoms with Gasteiger partial charge in [-0.05, 0) is 80.0 Å². The van der Waals surface area contributed by atoms with Crippen molar-refractivity contribution in [3.05, 3.63) is 39.7 Å². The second kappa shape index (κ2) is 11.8. The summed E-state index contributed by atoms with van der Waals surface area (Å²) >= 11 is 0. The molecule has 1 aromatic carbocycles. The van der Waals surface area contributed by atoms with E-state index < -0.39 is 0 Å². The van der Waals surface area contributed by atoms with Crippen molar-refractivity contribution < 1.29 is 14.3 Å². The maximum atomic E-state index is 12.9. The predicted octanol–water partition coefficient (Wildman–Crippen LogP) is 4.76. The molecule has 0 bridgehead atoms. The van der Waals surface area contributed by atoms with Crippen molar-refractivity contribution >= 4 is 17.9 Å². The van der Waals surface area contributed by atoms with E-state index in [1.807, 2.05) is 0 Å². The highest BCUT2D eigenvalue weighted by Gasteiger charge is 2.33. The van der Waals surface area contributed by atoms with Crippen molar-refractivity contribution in [1.29, 1.82) is 5.41 Å². The number of nitrogens with one attached hydrogen (secondary N) is 3. The second-order valence-electron chi connectivity index (χ2n) is 10.8. The van der Waals surface area contributed by atoms with E-state index in [9.17, 15) is 4.79 Å². The van der Waals surface area contributed by atoms with Gasteiger partial charge in [0.05, 0.1) is 6.10 Å². The average molecular weight is 495 g/mol. The van der Waals surface area contributed by atoms with Gasteiger partial charge in [0, 0.05) is 56.7 Å². The van der Waals surface area contributed by atoms with Crippen molar-refractivity contribution in [2.45, 2.75) is 89.2 Å². The first-order valence-corrected chi connectivity index (χ1v) is 14.0. The number of fused-ring (bicyclic) bond motifs is 2. The molecule has 36 heavy (non-hydrogen) atoms. The Morgan fingerprint density at radius 3 is 2.53 bits per heavy atom. The van der Waals surface area contributed by atoms with Crippen LogP contribution in [-0.2, 0) is 35.2 Å². The number of allylic oxidation sites excluding steroid dienone is 1. The summed E-state index contributed by atoms with van der Waals surface area (Å²) in [6.07, 6.45) is 14.6. The molecule has 0 unspecified atom stereocenters. The number of aryl methyl sites for hydroxylation is 2. The molecule has 7 nitrogen and oxygen atoms in total. The number of likely N-dealkylation sites (tertiary alicyclic amines) is 1. The molecule has 7 heteroatoms. The third-order valence-electron chi connectivity index (χ3n) is 8.54. The molecule has 0 aromatic heterocycles. The molecule has 5 rings (SSSR count). The van der Waals surface area contributed by atoms with Crippen molar-refractivity contribution in [1.82, 2.24) is 10.2 Å². The maximum Gasteiger partial charge on any atom is 0.319 e. The molecular weight excluding hydrogens is 452 g/mol. The van der Waals surface area contributed by atoms with Crippen LogP contribution in [0.4, 0.5) is 10.5 Å². The lowest BCUT2D eigenvalue weighted by molar-refractivity contribution is -0.0645. The number of benzene rings is 1. The van der Waals surface area contributed by atoms with E-state index in [0.717, 1.165) is 75.1 Å². The van der Waals surface area contributed by atoms with Crippen LogP contribution in [0.3, 0.4) is 0 Å². The molecule has 2 saturated heterocycles. The van der Waals surface area contributed by atoms with E-state index in [0.29, 0.717) is 31.7 Å². The van der Waals surface area contributed by atoms with Crippen LogP contribution < -0.4 is 10.6 Å². The molecule has 0 radical (unpaired) electrons.